The molecule has 23 heavy (non-hydrogen) atoms. The average Bonchev–Trinajstić information content (AvgIpc) is 3.29. The van der Waals surface area contributed by atoms with Crippen LogP contribution in [0.1, 0.15) is 58.2 Å². The molecule has 3 rings (SSSR count). The summed E-state index contributed by atoms with van der Waals surface area (Å²) in [4.78, 5) is 12.7. The minimum absolute atomic E-state index is 0.0833. The smallest absolute Gasteiger partial charge is 0.268 e. The van der Waals surface area contributed by atoms with Crippen LogP contribution in [0.3, 0.4) is 0 Å². The van der Waals surface area contributed by atoms with Gasteiger partial charge in [0, 0.05) is 18.3 Å². The number of aromatic nitrogens is 1. The topological polar surface area (TPSA) is 34.0 Å². The van der Waals surface area contributed by atoms with E-state index in [9.17, 15) is 4.79 Å². The van der Waals surface area contributed by atoms with Crippen molar-refractivity contribution in [1.82, 2.24) is 9.88 Å². The monoisotopic (exact) mass is 310 g/mol. The van der Waals surface area contributed by atoms with Gasteiger partial charge in [-0.3, -0.25) is 4.79 Å². The summed E-state index contributed by atoms with van der Waals surface area (Å²) in [5.41, 5.74) is 6.98. The third kappa shape index (κ3) is 3.19. The van der Waals surface area contributed by atoms with Gasteiger partial charge in [0.05, 0.1) is 0 Å². The van der Waals surface area contributed by atoms with Gasteiger partial charge in [-0.2, -0.15) is 0 Å². The van der Waals surface area contributed by atoms with Crippen molar-refractivity contribution in [3.8, 4) is 0 Å². The van der Waals surface area contributed by atoms with Gasteiger partial charge in [0.2, 0.25) is 0 Å². The van der Waals surface area contributed by atoms with E-state index in [2.05, 4.69) is 61.8 Å². The van der Waals surface area contributed by atoms with E-state index < -0.39 is 0 Å². The Hall–Kier alpha value is -2.03. The van der Waals surface area contributed by atoms with Crippen LogP contribution in [0.2, 0.25) is 0 Å². The maximum atomic E-state index is 12.7. The van der Waals surface area contributed by atoms with Crippen LogP contribution >= 0.6 is 0 Å². The fourth-order valence-electron chi connectivity index (χ4n) is 3.32. The fraction of sp³-hybridized carbons (Fsp3) is 0.450. The molecule has 1 heterocycles. The summed E-state index contributed by atoms with van der Waals surface area (Å²) in [5, 5.41) is 3.15. The number of hydrogen-bond donors (Lipinski definition) is 1. The Kier molecular flexibility index (Phi) is 4.29. The Balaban J connectivity index is 1.98. The first-order chi connectivity index (χ1) is 11.0. The molecule has 1 N–H and O–H groups in total. The van der Waals surface area contributed by atoms with Gasteiger partial charge >= 0.3 is 0 Å². The van der Waals surface area contributed by atoms with Crippen LogP contribution in [-0.4, -0.2) is 16.5 Å². The Morgan fingerprint density at radius 1 is 1.17 bits per heavy atom. The van der Waals surface area contributed by atoms with E-state index in [1.807, 2.05) is 0 Å². The minimum Gasteiger partial charge on any atom is -0.348 e. The molecule has 0 saturated heterocycles. The second-order valence-corrected chi connectivity index (χ2v) is 6.71. The van der Waals surface area contributed by atoms with Gasteiger partial charge in [-0.1, -0.05) is 36.8 Å². The van der Waals surface area contributed by atoms with Crippen LogP contribution in [0.5, 0.6) is 0 Å². The molecule has 1 amide bonds. The SMILES string of the molecule is CCc1c(C)c(C(=O)NC2CC2)n(Cc2ccc(C)cc2)c1C. The molecule has 0 atom stereocenters. The lowest BCUT2D eigenvalue weighted by atomic mass is 10.1. The largest absolute Gasteiger partial charge is 0.348 e. The van der Waals surface area contributed by atoms with Crippen LogP contribution in [-0.2, 0) is 13.0 Å². The van der Waals surface area contributed by atoms with Crippen molar-refractivity contribution in [3.63, 3.8) is 0 Å². The van der Waals surface area contributed by atoms with E-state index >= 15 is 0 Å². The Labute approximate surface area is 138 Å². The molecule has 1 aliphatic carbocycles. The summed E-state index contributed by atoms with van der Waals surface area (Å²) in [5.74, 6) is 0.0833. The molecule has 1 aromatic carbocycles. The summed E-state index contributed by atoms with van der Waals surface area (Å²) >= 11 is 0. The number of carbonyl (C=O) groups is 1. The quantitative estimate of drug-likeness (QED) is 0.892. The van der Waals surface area contributed by atoms with Crippen molar-refractivity contribution in [2.24, 2.45) is 0 Å². The standard InChI is InChI=1S/C20H26N2O/c1-5-18-14(3)19(20(23)21-17-10-11-17)22(15(18)4)12-16-8-6-13(2)7-9-16/h6-9,17H,5,10-12H2,1-4H3,(H,21,23). The average molecular weight is 310 g/mol. The number of nitrogens with zero attached hydrogens (tertiary/aromatic N) is 1. The van der Waals surface area contributed by atoms with Gasteiger partial charge in [-0.15, -0.1) is 0 Å². The Morgan fingerprint density at radius 2 is 1.83 bits per heavy atom. The van der Waals surface area contributed by atoms with E-state index in [0.29, 0.717) is 6.04 Å². The zero-order chi connectivity index (χ0) is 16.6. The van der Waals surface area contributed by atoms with Gasteiger partial charge in [-0.05, 0) is 56.7 Å². The highest BCUT2D eigenvalue weighted by molar-refractivity contribution is 5.95. The maximum absolute atomic E-state index is 12.7. The van der Waals surface area contributed by atoms with Gasteiger partial charge < -0.3 is 9.88 Å². The Bertz CT molecular complexity index is 721. The molecule has 1 saturated carbocycles. The first kappa shape index (κ1) is 15.9. The third-order valence-corrected chi connectivity index (χ3v) is 4.86. The van der Waals surface area contributed by atoms with Crippen LogP contribution in [0.25, 0.3) is 0 Å². The van der Waals surface area contributed by atoms with Crippen LogP contribution < -0.4 is 5.32 Å². The van der Waals surface area contributed by atoms with Crippen molar-refractivity contribution in [2.75, 3.05) is 0 Å². The molecule has 1 fully saturated rings. The summed E-state index contributed by atoms with van der Waals surface area (Å²) < 4.78 is 2.19. The molecule has 1 aromatic heterocycles. The highest BCUT2D eigenvalue weighted by Crippen LogP contribution is 2.26. The Morgan fingerprint density at radius 3 is 2.39 bits per heavy atom. The molecular formula is C20H26N2O. The lowest BCUT2D eigenvalue weighted by Gasteiger charge is -2.13. The zero-order valence-electron chi connectivity index (χ0n) is 14.6. The molecule has 0 spiro atoms. The summed E-state index contributed by atoms with van der Waals surface area (Å²) in [7, 11) is 0. The minimum atomic E-state index is 0.0833. The van der Waals surface area contributed by atoms with Gasteiger partial charge in [0.1, 0.15) is 5.69 Å². The van der Waals surface area contributed by atoms with Crippen molar-refractivity contribution >= 4 is 5.91 Å². The number of rotatable bonds is 5. The van der Waals surface area contributed by atoms with E-state index in [1.165, 1.54) is 22.4 Å². The van der Waals surface area contributed by atoms with E-state index in [0.717, 1.165) is 37.1 Å². The van der Waals surface area contributed by atoms with Gasteiger partial charge in [-0.25, -0.2) is 0 Å². The molecule has 3 heteroatoms. The molecule has 1 aliphatic rings. The third-order valence-electron chi connectivity index (χ3n) is 4.86. The number of aryl methyl sites for hydroxylation is 1. The van der Waals surface area contributed by atoms with E-state index in [4.69, 9.17) is 0 Å². The predicted molar refractivity (Wildman–Crippen MR) is 94.1 cm³/mol. The summed E-state index contributed by atoms with van der Waals surface area (Å²) in [6.07, 6.45) is 3.19. The van der Waals surface area contributed by atoms with Crippen molar-refractivity contribution in [2.45, 2.75) is 59.5 Å². The second-order valence-electron chi connectivity index (χ2n) is 6.71. The molecule has 0 radical (unpaired) electrons. The van der Waals surface area contributed by atoms with Crippen molar-refractivity contribution < 1.29 is 4.79 Å². The fourth-order valence-corrected chi connectivity index (χ4v) is 3.32. The molecule has 2 aromatic rings. The first-order valence-electron chi connectivity index (χ1n) is 8.56. The first-order valence-corrected chi connectivity index (χ1v) is 8.56. The number of amides is 1. The molecule has 3 nitrogen and oxygen atoms in total. The van der Waals surface area contributed by atoms with Crippen LogP contribution in [0.4, 0.5) is 0 Å². The molecule has 0 aliphatic heterocycles. The second kappa shape index (κ2) is 6.23. The molecule has 0 unspecified atom stereocenters. The normalized spacial score (nSPS) is 14.1. The van der Waals surface area contributed by atoms with Crippen molar-refractivity contribution in [3.05, 3.63) is 57.9 Å². The number of carbonyl (C=O) groups excluding carboxylic acids is 1. The maximum Gasteiger partial charge on any atom is 0.268 e. The lowest BCUT2D eigenvalue weighted by molar-refractivity contribution is 0.0941. The number of benzene rings is 1. The number of nitrogens with one attached hydrogen (secondary N) is 1. The van der Waals surface area contributed by atoms with Gasteiger partial charge in [0.25, 0.3) is 5.91 Å². The van der Waals surface area contributed by atoms with Crippen LogP contribution in [0, 0.1) is 20.8 Å². The molecular weight excluding hydrogens is 284 g/mol. The molecule has 122 valence electrons. The highest BCUT2D eigenvalue weighted by Gasteiger charge is 2.28. The van der Waals surface area contributed by atoms with Crippen molar-refractivity contribution in [1.29, 1.82) is 0 Å². The highest BCUT2D eigenvalue weighted by atomic mass is 16.2. The zero-order valence-corrected chi connectivity index (χ0v) is 14.6. The van der Waals surface area contributed by atoms with E-state index in [1.54, 1.807) is 0 Å². The van der Waals surface area contributed by atoms with E-state index in [-0.39, 0.29) is 5.91 Å². The van der Waals surface area contributed by atoms with Crippen LogP contribution in [0.15, 0.2) is 24.3 Å². The molecule has 0 bridgehead atoms. The summed E-state index contributed by atoms with van der Waals surface area (Å²) in [6.45, 7) is 9.22. The lowest BCUT2D eigenvalue weighted by Crippen LogP contribution is -2.28. The van der Waals surface area contributed by atoms with Gasteiger partial charge in [0.15, 0.2) is 0 Å². The summed E-state index contributed by atoms with van der Waals surface area (Å²) in [6, 6.07) is 8.95. The predicted octanol–water partition coefficient (Wildman–Crippen LogP) is 3.92. The number of hydrogen-bond acceptors (Lipinski definition) is 1.